The Balaban J connectivity index is 1.81. The van der Waals surface area contributed by atoms with E-state index < -0.39 is 5.41 Å². The highest BCUT2D eigenvalue weighted by atomic mass is 35.5. The standard InChI is InChI=1S/C18H18ClNO4/c1-18(2,11-4-6-15-16(8-11)24-10-23-15)17(21)20-12-5-7-14(22-3)13(19)9-12/h4-9H,10H2,1-3H3,(H,20,21). The van der Waals surface area contributed by atoms with E-state index in [-0.39, 0.29) is 12.7 Å². The van der Waals surface area contributed by atoms with Gasteiger partial charge in [-0.2, -0.15) is 0 Å². The third-order valence-corrected chi connectivity index (χ3v) is 4.37. The predicted molar refractivity (Wildman–Crippen MR) is 92.2 cm³/mol. The molecule has 1 heterocycles. The van der Waals surface area contributed by atoms with Crippen molar-refractivity contribution in [3.63, 3.8) is 0 Å². The molecular formula is C18H18ClNO4. The van der Waals surface area contributed by atoms with E-state index in [9.17, 15) is 4.79 Å². The van der Waals surface area contributed by atoms with Gasteiger partial charge in [-0.3, -0.25) is 4.79 Å². The van der Waals surface area contributed by atoms with E-state index in [4.69, 9.17) is 25.8 Å². The Morgan fingerprint density at radius 2 is 1.92 bits per heavy atom. The zero-order valence-electron chi connectivity index (χ0n) is 13.7. The van der Waals surface area contributed by atoms with Gasteiger partial charge in [0.25, 0.3) is 0 Å². The van der Waals surface area contributed by atoms with E-state index in [1.165, 1.54) is 0 Å². The summed E-state index contributed by atoms with van der Waals surface area (Å²) in [6.07, 6.45) is 0. The first kappa shape index (κ1) is 16.5. The fourth-order valence-electron chi connectivity index (χ4n) is 2.45. The maximum absolute atomic E-state index is 12.7. The largest absolute Gasteiger partial charge is 0.495 e. The first-order valence-corrected chi connectivity index (χ1v) is 7.85. The molecule has 0 fully saturated rings. The summed E-state index contributed by atoms with van der Waals surface area (Å²) in [6, 6.07) is 10.6. The summed E-state index contributed by atoms with van der Waals surface area (Å²) in [5.74, 6) is 1.75. The number of halogens is 1. The lowest BCUT2D eigenvalue weighted by Gasteiger charge is -2.24. The second kappa shape index (κ2) is 6.24. The minimum absolute atomic E-state index is 0.150. The van der Waals surface area contributed by atoms with Crippen molar-refractivity contribution >= 4 is 23.2 Å². The Bertz CT molecular complexity index is 789. The third kappa shape index (κ3) is 2.99. The molecule has 2 aromatic rings. The molecule has 6 heteroatoms. The molecule has 24 heavy (non-hydrogen) atoms. The molecule has 0 saturated carbocycles. The number of nitrogens with one attached hydrogen (secondary N) is 1. The predicted octanol–water partition coefficient (Wildman–Crippen LogP) is 3.99. The van der Waals surface area contributed by atoms with Gasteiger partial charge in [-0.15, -0.1) is 0 Å². The summed E-state index contributed by atoms with van der Waals surface area (Å²) >= 11 is 6.10. The van der Waals surface area contributed by atoms with Crippen molar-refractivity contribution in [2.24, 2.45) is 0 Å². The normalized spacial score (nSPS) is 12.8. The van der Waals surface area contributed by atoms with E-state index in [1.807, 2.05) is 32.0 Å². The van der Waals surface area contributed by atoms with E-state index in [0.29, 0.717) is 28.0 Å². The highest BCUT2D eigenvalue weighted by Crippen LogP contribution is 2.37. The molecule has 1 amide bonds. The van der Waals surface area contributed by atoms with Crippen LogP contribution in [0.15, 0.2) is 36.4 Å². The smallest absolute Gasteiger partial charge is 0.234 e. The van der Waals surface area contributed by atoms with Gasteiger partial charge in [0.15, 0.2) is 11.5 Å². The minimum Gasteiger partial charge on any atom is -0.495 e. The quantitative estimate of drug-likeness (QED) is 0.908. The molecule has 0 saturated heterocycles. The van der Waals surface area contributed by atoms with Crippen LogP contribution in [0.2, 0.25) is 5.02 Å². The second-order valence-electron chi connectivity index (χ2n) is 6.00. The fraction of sp³-hybridized carbons (Fsp3) is 0.278. The molecule has 1 aliphatic rings. The van der Waals surface area contributed by atoms with Crippen LogP contribution in [0.1, 0.15) is 19.4 Å². The molecular weight excluding hydrogens is 330 g/mol. The SMILES string of the molecule is COc1ccc(NC(=O)C(C)(C)c2ccc3c(c2)OCO3)cc1Cl. The van der Waals surface area contributed by atoms with Crippen LogP contribution in [0.25, 0.3) is 0 Å². The van der Waals surface area contributed by atoms with Gasteiger partial charge >= 0.3 is 0 Å². The number of rotatable bonds is 4. The third-order valence-electron chi connectivity index (χ3n) is 4.07. The molecule has 0 aromatic heterocycles. The first-order valence-electron chi connectivity index (χ1n) is 7.47. The molecule has 0 spiro atoms. The van der Waals surface area contributed by atoms with E-state index in [1.54, 1.807) is 25.3 Å². The first-order chi connectivity index (χ1) is 11.4. The molecule has 0 unspecified atom stereocenters. The number of fused-ring (bicyclic) bond motifs is 1. The summed E-state index contributed by atoms with van der Waals surface area (Å²) in [5.41, 5.74) is 0.691. The summed E-state index contributed by atoms with van der Waals surface area (Å²) in [4.78, 5) is 12.7. The lowest BCUT2D eigenvalue weighted by Crippen LogP contribution is -2.34. The van der Waals surface area contributed by atoms with Gasteiger partial charge in [-0.05, 0) is 49.7 Å². The van der Waals surface area contributed by atoms with Gasteiger partial charge in [0.2, 0.25) is 12.7 Å². The molecule has 0 aliphatic carbocycles. The highest BCUT2D eigenvalue weighted by molar-refractivity contribution is 6.32. The van der Waals surface area contributed by atoms with Crippen LogP contribution in [-0.4, -0.2) is 19.8 Å². The summed E-state index contributed by atoms with van der Waals surface area (Å²) in [6.45, 7) is 3.91. The molecule has 0 atom stereocenters. The topological polar surface area (TPSA) is 56.8 Å². The van der Waals surface area contributed by atoms with Gasteiger partial charge in [0.1, 0.15) is 5.75 Å². The van der Waals surface area contributed by atoms with Crippen molar-refractivity contribution in [3.05, 3.63) is 47.0 Å². The molecule has 0 bridgehead atoms. The number of carbonyl (C=O) groups excluding carboxylic acids is 1. The Labute approximate surface area is 145 Å². The Kier molecular flexibility index (Phi) is 4.28. The molecule has 126 valence electrons. The average molecular weight is 348 g/mol. The Hall–Kier alpha value is -2.40. The lowest BCUT2D eigenvalue weighted by atomic mass is 9.83. The van der Waals surface area contributed by atoms with E-state index in [2.05, 4.69) is 5.32 Å². The number of methoxy groups -OCH3 is 1. The molecule has 3 rings (SSSR count). The van der Waals surface area contributed by atoms with Gasteiger partial charge in [0, 0.05) is 5.69 Å². The molecule has 1 aliphatic heterocycles. The number of anilines is 1. The maximum atomic E-state index is 12.7. The molecule has 5 nitrogen and oxygen atoms in total. The van der Waals surface area contributed by atoms with Crippen LogP contribution in [0.5, 0.6) is 17.2 Å². The van der Waals surface area contributed by atoms with Gasteiger partial charge < -0.3 is 19.5 Å². The number of carbonyl (C=O) groups is 1. The van der Waals surface area contributed by atoms with Gasteiger partial charge in [0.05, 0.1) is 17.5 Å². The van der Waals surface area contributed by atoms with Crippen LogP contribution in [0, 0.1) is 0 Å². The monoisotopic (exact) mass is 347 g/mol. The number of amides is 1. The van der Waals surface area contributed by atoms with Crippen LogP contribution >= 0.6 is 11.6 Å². The maximum Gasteiger partial charge on any atom is 0.234 e. The second-order valence-corrected chi connectivity index (χ2v) is 6.40. The van der Waals surface area contributed by atoms with Crippen molar-refractivity contribution in [3.8, 4) is 17.2 Å². The average Bonchev–Trinajstić information content (AvgIpc) is 3.02. The molecule has 2 aromatic carbocycles. The summed E-state index contributed by atoms with van der Waals surface area (Å²) in [7, 11) is 1.54. The fourth-order valence-corrected chi connectivity index (χ4v) is 2.71. The van der Waals surface area contributed by atoms with Crippen LogP contribution < -0.4 is 19.5 Å². The van der Waals surface area contributed by atoms with Crippen molar-refractivity contribution in [2.45, 2.75) is 19.3 Å². The highest BCUT2D eigenvalue weighted by Gasteiger charge is 2.31. The zero-order chi connectivity index (χ0) is 17.3. The summed E-state index contributed by atoms with van der Waals surface area (Å²) in [5, 5.41) is 3.33. The van der Waals surface area contributed by atoms with Crippen LogP contribution in [0.4, 0.5) is 5.69 Å². The van der Waals surface area contributed by atoms with Crippen molar-refractivity contribution < 1.29 is 19.0 Å². The van der Waals surface area contributed by atoms with Crippen LogP contribution in [0.3, 0.4) is 0 Å². The van der Waals surface area contributed by atoms with Gasteiger partial charge in [-0.1, -0.05) is 17.7 Å². The van der Waals surface area contributed by atoms with E-state index in [0.717, 1.165) is 5.56 Å². The van der Waals surface area contributed by atoms with Crippen molar-refractivity contribution in [2.75, 3.05) is 19.2 Å². The minimum atomic E-state index is -0.757. The lowest BCUT2D eigenvalue weighted by molar-refractivity contribution is -0.120. The number of hydrogen-bond donors (Lipinski definition) is 1. The number of benzene rings is 2. The van der Waals surface area contributed by atoms with Crippen molar-refractivity contribution in [1.82, 2.24) is 0 Å². The van der Waals surface area contributed by atoms with Gasteiger partial charge in [-0.25, -0.2) is 0 Å². The molecule has 1 N–H and O–H groups in total. The number of hydrogen-bond acceptors (Lipinski definition) is 4. The van der Waals surface area contributed by atoms with E-state index >= 15 is 0 Å². The number of ether oxygens (including phenoxy) is 3. The zero-order valence-corrected chi connectivity index (χ0v) is 14.4. The van der Waals surface area contributed by atoms with Crippen molar-refractivity contribution in [1.29, 1.82) is 0 Å². The Morgan fingerprint density at radius 1 is 1.17 bits per heavy atom. The Morgan fingerprint density at radius 3 is 2.62 bits per heavy atom. The van der Waals surface area contributed by atoms with Crippen LogP contribution in [-0.2, 0) is 10.2 Å². The molecule has 0 radical (unpaired) electrons. The summed E-state index contributed by atoms with van der Waals surface area (Å²) < 4.78 is 15.8.